The van der Waals surface area contributed by atoms with Crippen molar-refractivity contribution in [1.82, 2.24) is 0 Å². The Morgan fingerprint density at radius 1 is 0.702 bits per heavy atom. The number of ether oxygens (including phenoxy) is 2. The van der Waals surface area contributed by atoms with Crippen LogP contribution in [0.3, 0.4) is 0 Å². The Morgan fingerprint density at radius 3 is 1.91 bits per heavy atom. The minimum Gasteiger partial charge on any atom is -0.497 e. The third-order valence-corrected chi connectivity index (χ3v) is 9.57. The van der Waals surface area contributed by atoms with Gasteiger partial charge in [-0.2, -0.15) is 4.58 Å². The number of rotatable bonds is 14. The third kappa shape index (κ3) is 8.46. The number of fused-ring (bicyclic) bond motifs is 2. The zero-order valence-corrected chi connectivity index (χ0v) is 31.4. The molecule has 0 radical (unpaired) electrons. The highest BCUT2D eigenvalue weighted by atomic mass is 16.5. The summed E-state index contributed by atoms with van der Waals surface area (Å²) in [7, 11) is 17.1. The second-order valence-corrected chi connectivity index (χ2v) is 16.1. The smallest absolute Gasteiger partial charge is 0.210 e. The Labute approximate surface area is 285 Å². The molecule has 0 amide bonds. The number of allylic oxidation sites excluding steroid dienone is 8. The molecule has 2 aromatic rings. The van der Waals surface area contributed by atoms with Gasteiger partial charge in [-0.1, -0.05) is 44.2 Å². The highest BCUT2D eigenvalue weighted by molar-refractivity contribution is 6.03. The number of benzene rings is 2. The quantitative estimate of drug-likeness (QED) is 0.121. The monoisotopic (exact) mass is 641 g/mol. The van der Waals surface area contributed by atoms with Crippen molar-refractivity contribution in [2.75, 3.05) is 87.6 Å². The Morgan fingerprint density at radius 2 is 1.28 bits per heavy atom. The van der Waals surface area contributed by atoms with Gasteiger partial charge in [-0.05, 0) is 55.8 Å². The molecule has 6 heteroatoms. The lowest BCUT2D eigenvalue weighted by Gasteiger charge is -2.29. The van der Waals surface area contributed by atoms with Gasteiger partial charge in [0.05, 0.1) is 81.4 Å². The molecule has 254 valence electrons. The van der Waals surface area contributed by atoms with Gasteiger partial charge < -0.3 is 23.3 Å². The second-order valence-electron chi connectivity index (χ2n) is 16.1. The van der Waals surface area contributed by atoms with E-state index < -0.39 is 0 Å². The Hall–Kier alpha value is -3.61. The zero-order chi connectivity index (χ0) is 34.6. The molecule has 0 fully saturated rings. The van der Waals surface area contributed by atoms with E-state index in [2.05, 4.69) is 158 Å². The van der Waals surface area contributed by atoms with Gasteiger partial charge in [0, 0.05) is 47.5 Å². The largest absolute Gasteiger partial charge is 0.497 e. The van der Waals surface area contributed by atoms with Crippen LogP contribution in [0.1, 0.15) is 51.7 Å². The number of methoxy groups -OCH3 is 2. The Balaban J connectivity index is 1.56. The van der Waals surface area contributed by atoms with E-state index in [1.807, 2.05) is 0 Å². The van der Waals surface area contributed by atoms with Gasteiger partial charge in [0.1, 0.15) is 11.5 Å². The van der Waals surface area contributed by atoms with E-state index in [1.165, 1.54) is 33.9 Å². The Kier molecular flexibility index (Phi) is 11.0. The van der Waals surface area contributed by atoms with Crippen molar-refractivity contribution in [2.45, 2.75) is 51.4 Å². The van der Waals surface area contributed by atoms with Crippen LogP contribution in [0, 0.1) is 0 Å². The van der Waals surface area contributed by atoms with E-state index in [4.69, 9.17) is 9.47 Å². The van der Waals surface area contributed by atoms with Gasteiger partial charge in [-0.25, -0.2) is 0 Å². The van der Waals surface area contributed by atoms with Crippen molar-refractivity contribution in [3.05, 3.63) is 95.8 Å². The van der Waals surface area contributed by atoms with Crippen molar-refractivity contribution in [2.24, 2.45) is 0 Å². The van der Waals surface area contributed by atoms with Crippen molar-refractivity contribution in [3.8, 4) is 11.5 Å². The van der Waals surface area contributed by atoms with Crippen molar-refractivity contribution >= 4 is 17.1 Å². The van der Waals surface area contributed by atoms with Crippen LogP contribution in [-0.4, -0.2) is 102 Å². The molecule has 47 heavy (non-hydrogen) atoms. The van der Waals surface area contributed by atoms with Crippen LogP contribution in [-0.2, 0) is 10.8 Å². The fourth-order valence-electron chi connectivity index (χ4n) is 6.94. The minimum atomic E-state index is -0.119. The zero-order valence-electron chi connectivity index (χ0n) is 31.4. The summed E-state index contributed by atoms with van der Waals surface area (Å²) >= 11 is 0. The predicted molar refractivity (Wildman–Crippen MR) is 200 cm³/mol. The maximum Gasteiger partial charge on any atom is 0.210 e. The average molecular weight is 642 g/mol. The summed E-state index contributed by atoms with van der Waals surface area (Å²) in [4.78, 5) is 2.51. The molecular formula is C41H61N4O2+3. The molecule has 0 atom stereocenters. The van der Waals surface area contributed by atoms with Crippen LogP contribution in [0.25, 0.3) is 0 Å². The molecule has 0 spiro atoms. The molecule has 0 unspecified atom stereocenters. The first kappa shape index (κ1) is 36.2. The lowest BCUT2D eigenvalue weighted by atomic mass is 9.81. The van der Waals surface area contributed by atoms with Gasteiger partial charge in [0.25, 0.3) is 0 Å². The number of nitrogens with zero attached hydrogens (tertiary/aromatic N) is 4. The molecule has 2 aliphatic heterocycles. The highest BCUT2D eigenvalue weighted by Gasteiger charge is 2.44. The topological polar surface area (TPSA) is 24.7 Å². The highest BCUT2D eigenvalue weighted by Crippen LogP contribution is 2.49. The summed E-state index contributed by atoms with van der Waals surface area (Å²) in [6.07, 6.45) is 17.6. The Bertz CT molecular complexity index is 1580. The second kappa shape index (κ2) is 14.2. The van der Waals surface area contributed by atoms with Gasteiger partial charge in [-0.3, -0.25) is 0 Å². The molecule has 0 N–H and O–H groups in total. The molecule has 0 bridgehead atoms. The average Bonchev–Trinajstić information content (AvgIpc) is 3.33. The van der Waals surface area contributed by atoms with Gasteiger partial charge in [0.15, 0.2) is 12.3 Å². The van der Waals surface area contributed by atoms with Gasteiger partial charge in [0.2, 0.25) is 5.69 Å². The van der Waals surface area contributed by atoms with Crippen LogP contribution in [0.2, 0.25) is 0 Å². The minimum absolute atomic E-state index is 0.119. The van der Waals surface area contributed by atoms with Crippen LogP contribution in [0.15, 0.2) is 84.6 Å². The summed E-state index contributed by atoms with van der Waals surface area (Å²) in [5, 5.41) is 0. The fourth-order valence-corrected chi connectivity index (χ4v) is 6.94. The van der Waals surface area contributed by atoms with Crippen LogP contribution in [0.4, 0.5) is 11.4 Å². The van der Waals surface area contributed by atoms with Crippen molar-refractivity contribution < 1.29 is 23.0 Å². The van der Waals surface area contributed by atoms with E-state index in [0.29, 0.717) is 0 Å². The summed E-state index contributed by atoms with van der Waals surface area (Å²) in [5.41, 5.74) is 7.62. The molecule has 0 aliphatic carbocycles. The molecule has 2 aromatic carbocycles. The van der Waals surface area contributed by atoms with E-state index >= 15 is 0 Å². The third-order valence-electron chi connectivity index (χ3n) is 9.57. The summed E-state index contributed by atoms with van der Waals surface area (Å²) < 4.78 is 15.6. The summed E-state index contributed by atoms with van der Waals surface area (Å²) in [5.74, 6) is 1.82. The first-order chi connectivity index (χ1) is 22.0. The maximum atomic E-state index is 5.60. The van der Waals surface area contributed by atoms with Gasteiger partial charge >= 0.3 is 0 Å². The van der Waals surface area contributed by atoms with Crippen LogP contribution >= 0.6 is 0 Å². The number of anilines is 1. The van der Waals surface area contributed by atoms with E-state index in [9.17, 15) is 0 Å². The summed E-state index contributed by atoms with van der Waals surface area (Å²) in [6.45, 7) is 13.5. The SMILES string of the molecule is COc1ccc2c(c1)C(C)(C)C(/C=C/C=C/C=C/C=C1/N(CCC[N+](C)(C)C)c3ccc(OC)cc3C1(C)C)=[N+]2CCC[N+](C)(C)C. The standard InChI is InChI=1S/C41H61N4O2/c1-40(2)34-30-32(46-11)22-24-36(34)42(26-18-28-44(5,6)7)38(40)20-16-14-13-15-17-21-39-41(3,4)35-31-33(47-12)23-25-37(35)43(39)27-19-29-45(8,9)10/h13-17,20-25,30-31H,18-19,26-29H2,1-12H3/q+3. The van der Waals surface area contributed by atoms with Crippen molar-refractivity contribution in [3.63, 3.8) is 0 Å². The van der Waals surface area contributed by atoms with Crippen LogP contribution < -0.4 is 14.4 Å². The molecule has 2 heterocycles. The lowest BCUT2D eigenvalue weighted by molar-refractivity contribution is -0.871. The number of hydrogen-bond acceptors (Lipinski definition) is 3. The molecular weight excluding hydrogens is 580 g/mol. The summed E-state index contributed by atoms with van der Waals surface area (Å²) in [6, 6.07) is 13.0. The first-order valence-corrected chi connectivity index (χ1v) is 17.1. The molecule has 0 saturated heterocycles. The predicted octanol–water partition coefficient (Wildman–Crippen LogP) is 7.62. The van der Waals surface area contributed by atoms with E-state index in [1.54, 1.807) is 14.2 Å². The molecule has 4 rings (SSSR count). The van der Waals surface area contributed by atoms with Gasteiger partial charge in [-0.15, -0.1) is 0 Å². The maximum absolute atomic E-state index is 5.60. The van der Waals surface area contributed by atoms with E-state index in [-0.39, 0.29) is 10.8 Å². The molecule has 6 nitrogen and oxygen atoms in total. The first-order valence-electron chi connectivity index (χ1n) is 17.1. The van der Waals surface area contributed by atoms with Crippen molar-refractivity contribution in [1.29, 1.82) is 0 Å². The van der Waals surface area contributed by atoms with E-state index in [0.717, 1.165) is 59.5 Å². The fraction of sp³-hybridized carbons (Fsp3) is 0.488. The molecule has 2 aliphatic rings. The van der Waals surface area contributed by atoms with Crippen LogP contribution in [0.5, 0.6) is 11.5 Å². The number of hydrogen-bond donors (Lipinski definition) is 0. The molecule has 0 aromatic heterocycles. The molecule has 0 saturated carbocycles. The normalized spacial score (nSPS) is 18.3. The lowest BCUT2D eigenvalue weighted by Crippen LogP contribution is -2.37. The number of quaternary nitrogens is 2.